The Morgan fingerprint density at radius 2 is 0.837 bits per heavy atom. The molecule has 5 aromatic heterocycles. The fourth-order valence-electron chi connectivity index (χ4n) is 10.7. The minimum atomic E-state index is -0.501. The Morgan fingerprint density at radius 1 is 0.467 bits per heavy atom. The van der Waals surface area contributed by atoms with Gasteiger partial charge in [0.2, 0.25) is 5.91 Å². The van der Waals surface area contributed by atoms with E-state index < -0.39 is 11.8 Å². The van der Waals surface area contributed by atoms with Crippen molar-refractivity contribution in [2.45, 2.75) is 70.1 Å². The number of nitrogens with zero attached hydrogens (tertiary/aromatic N) is 5. The zero-order valence-electron chi connectivity index (χ0n) is 50.8. The van der Waals surface area contributed by atoms with Crippen molar-refractivity contribution in [3.8, 4) is 0 Å². The minimum absolute atomic E-state index is 0.0934. The first-order valence-corrected chi connectivity index (χ1v) is 30.7. The van der Waals surface area contributed by atoms with Crippen molar-refractivity contribution >= 4 is 82.6 Å². The largest absolute Gasteiger partial charge is 0.466 e. The van der Waals surface area contributed by atoms with Crippen LogP contribution in [-0.4, -0.2) is 93.1 Å². The number of carbonyl (C=O) groups is 5. The Balaban J connectivity index is 0.000000168. The molecule has 4 N–H and O–H groups in total. The maximum absolute atomic E-state index is 14.2. The number of halogens is 6. The van der Waals surface area contributed by atoms with E-state index in [0.29, 0.717) is 57.5 Å². The van der Waals surface area contributed by atoms with Gasteiger partial charge in [-0.15, -0.1) is 0 Å². The van der Waals surface area contributed by atoms with Crippen LogP contribution in [0.25, 0.3) is 6.08 Å². The summed E-state index contributed by atoms with van der Waals surface area (Å²) in [6.07, 6.45) is 11.8. The van der Waals surface area contributed by atoms with Crippen molar-refractivity contribution in [2.24, 2.45) is 17.8 Å². The predicted molar refractivity (Wildman–Crippen MR) is 345 cm³/mol. The number of ether oxygens (including phenoxy) is 3. The van der Waals surface area contributed by atoms with Crippen molar-refractivity contribution in [2.75, 3.05) is 43.5 Å². The van der Waals surface area contributed by atoms with E-state index in [1.54, 1.807) is 142 Å². The van der Waals surface area contributed by atoms with E-state index in [-0.39, 0.29) is 82.7 Å². The summed E-state index contributed by atoms with van der Waals surface area (Å²) in [6, 6.07) is 37.3. The number of carbonyl (C=O) groups excluding carboxylic acids is 5. The van der Waals surface area contributed by atoms with Gasteiger partial charge in [-0.25, -0.2) is 48.4 Å². The molecule has 0 bridgehead atoms. The summed E-state index contributed by atoms with van der Waals surface area (Å²) in [5.74, 6) is -3.15. The monoisotopic (exact) mass is 1310 g/mol. The predicted octanol–water partition coefficient (Wildman–Crippen LogP) is 14.2. The molecule has 11 rings (SSSR count). The molecule has 9 atom stereocenters. The number of rotatable bonds is 19. The van der Waals surface area contributed by atoms with Crippen LogP contribution in [0.3, 0.4) is 0 Å². The van der Waals surface area contributed by atoms with Crippen molar-refractivity contribution in [3.63, 3.8) is 0 Å². The number of hydrogen-bond donors (Lipinski definition) is 4. The Labute approximate surface area is 546 Å². The molecule has 0 saturated heterocycles. The molecule has 0 unspecified atom stereocenters. The third-order valence-corrected chi connectivity index (χ3v) is 15.6. The van der Waals surface area contributed by atoms with E-state index in [4.69, 9.17) is 54.2 Å². The molecule has 92 heavy (non-hydrogen) atoms. The molecule has 5 heterocycles. The molecule has 3 fully saturated rings. The Hall–Kier alpha value is -9.08. The van der Waals surface area contributed by atoms with E-state index in [9.17, 15) is 37.1 Å². The molecule has 23 heteroatoms. The highest BCUT2D eigenvalue weighted by atomic mass is 35.5. The molecule has 0 radical (unpaired) electrons. The van der Waals surface area contributed by atoms with Crippen LogP contribution in [0, 0.1) is 35.2 Å². The highest BCUT2D eigenvalue weighted by molar-refractivity contribution is 6.30. The highest BCUT2D eigenvalue weighted by Gasteiger charge is 2.60. The highest BCUT2D eigenvalue weighted by Crippen LogP contribution is 2.63. The van der Waals surface area contributed by atoms with Gasteiger partial charge in [-0.3, -0.25) is 24.4 Å². The standard InChI is InChI=1S/C19H21FN2O2.C17H15ClFNO2.C17H18FN3O2.C10H10ClNO2.C6H4ClNO/c1-3-21-15-10-9-12(11-22-15)16-17(18(16)19(23)24-4-2)13-7-5-6-8-14(13)20;1-2-22-17(21)16-14(10-7-8-13(18)20-9-10)15(16)11-5-3-4-6-12(11)19;1-2-19-13-8-7-10(9-20-13)14-15(16(14)17(22)21-23)11-5-3-4-6-12(11)18;1-2-14-10(13)6-4-8-3-5-9(11)12-7-8;7-6-2-1-5(4-9)3-8-6/h5-11,16-18H,3-4H2,1-2H3,(H,21,22);3-9,14-16H,2H2,1H3;3-9,14-16,23H,2H2,1H3,(H,19,20)(H,21,22);3-7H,2H2,1H3;1-4H/b;;;6-4+;/t16-,17-,18+;2*14-,15-,16+;;/m111../s1. The molecule has 480 valence electrons. The number of nitrogens with one attached hydrogen (secondary N) is 3. The summed E-state index contributed by atoms with van der Waals surface area (Å²) in [7, 11) is 0. The van der Waals surface area contributed by atoms with Crippen LogP contribution in [0.15, 0.2) is 171 Å². The third kappa shape index (κ3) is 19.2. The lowest BCUT2D eigenvalue weighted by molar-refractivity contribution is -0.145. The van der Waals surface area contributed by atoms with Crippen LogP contribution in [0.2, 0.25) is 15.5 Å². The lowest BCUT2D eigenvalue weighted by atomic mass is 10.1. The zero-order valence-corrected chi connectivity index (χ0v) is 53.0. The van der Waals surface area contributed by atoms with Crippen LogP contribution in [-0.2, 0) is 33.4 Å². The molecule has 0 spiro atoms. The van der Waals surface area contributed by atoms with Gasteiger partial charge < -0.3 is 24.8 Å². The summed E-state index contributed by atoms with van der Waals surface area (Å²) in [4.78, 5) is 77.6. The normalized spacial score (nSPS) is 19.4. The summed E-state index contributed by atoms with van der Waals surface area (Å²) in [5.41, 5.74) is 7.29. The van der Waals surface area contributed by atoms with Crippen LogP contribution in [0.5, 0.6) is 0 Å². The van der Waals surface area contributed by atoms with Crippen LogP contribution >= 0.6 is 34.8 Å². The summed E-state index contributed by atoms with van der Waals surface area (Å²) in [6.45, 7) is 11.8. The second-order valence-electron chi connectivity index (χ2n) is 20.7. The van der Waals surface area contributed by atoms with Gasteiger partial charge in [0.15, 0.2) is 6.29 Å². The van der Waals surface area contributed by atoms with E-state index in [1.165, 1.54) is 30.5 Å². The fraction of sp³-hybridized carbons (Fsp3) is 0.275. The molecule has 1 amide bonds. The van der Waals surface area contributed by atoms with Crippen molar-refractivity contribution in [1.82, 2.24) is 30.4 Å². The average Bonchev–Trinajstić information content (AvgIpc) is 1.60. The second kappa shape index (κ2) is 34.9. The molecular formula is C69H68Cl3F3N8O9. The van der Waals surface area contributed by atoms with Gasteiger partial charge >= 0.3 is 17.9 Å². The molecule has 3 aromatic carbocycles. The molecule has 17 nitrogen and oxygen atoms in total. The number of benzene rings is 3. The lowest BCUT2D eigenvalue weighted by Gasteiger charge is -2.04. The Bertz CT molecular complexity index is 3750. The van der Waals surface area contributed by atoms with Gasteiger partial charge in [-0.1, -0.05) is 114 Å². The summed E-state index contributed by atoms with van der Waals surface area (Å²) in [5, 5.41) is 16.4. The Kier molecular flexibility index (Phi) is 26.7. The van der Waals surface area contributed by atoms with Crippen LogP contribution < -0.4 is 16.1 Å². The third-order valence-electron chi connectivity index (χ3n) is 14.9. The zero-order chi connectivity index (χ0) is 66.3. The first-order valence-electron chi connectivity index (χ1n) is 29.6. The number of aldehydes is 1. The number of esters is 3. The first-order chi connectivity index (χ1) is 44.5. The summed E-state index contributed by atoms with van der Waals surface area (Å²) < 4.78 is 57.3. The maximum atomic E-state index is 14.2. The molecule has 8 aromatic rings. The molecular weight excluding hydrogens is 1250 g/mol. The summed E-state index contributed by atoms with van der Waals surface area (Å²) >= 11 is 16.8. The van der Waals surface area contributed by atoms with Crippen molar-refractivity contribution in [1.29, 1.82) is 0 Å². The van der Waals surface area contributed by atoms with Crippen LogP contribution in [0.4, 0.5) is 24.8 Å². The SMILES string of the molecule is CCNc1ccc([C@H]2[C@H](C(=O)NO)[C@@H]2c2ccccc2F)cn1.CCNc1ccc([C@H]2[C@H](C(=O)OCC)[C@@H]2c2ccccc2F)cn1.CCOC(=O)/C=C/c1ccc(Cl)nc1.CCOC(=O)[C@H]1[C@H](c2ccc(Cl)nc2)[C@H]1c1ccccc1F.O=Cc1ccc(Cl)nc1. The smallest absolute Gasteiger partial charge is 0.330 e. The minimum Gasteiger partial charge on any atom is -0.466 e. The molecule has 0 aliphatic heterocycles. The van der Waals surface area contributed by atoms with E-state index in [0.717, 1.165) is 53.3 Å². The van der Waals surface area contributed by atoms with Gasteiger partial charge in [-0.05, 0) is 134 Å². The van der Waals surface area contributed by atoms with Gasteiger partial charge in [-0.2, -0.15) is 0 Å². The van der Waals surface area contributed by atoms with Gasteiger partial charge in [0.05, 0.1) is 37.6 Å². The number of amides is 1. The number of pyridine rings is 5. The van der Waals surface area contributed by atoms with Gasteiger partial charge in [0.1, 0.15) is 44.5 Å². The molecule has 3 aliphatic rings. The van der Waals surface area contributed by atoms with Gasteiger partial charge in [0.25, 0.3) is 0 Å². The Morgan fingerprint density at radius 3 is 1.17 bits per heavy atom. The number of anilines is 2. The van der Waals surface area contributed by atoms with E-state index in [2.05, 4.69) is 35.6 Å². The maximum Gasteiger partial charge on any atom is 0.330 e. The quantitative estimate of drug-likeness (QED) is 0.0112. The van der Waals surface area contributed by atoms with E-state index >= 15 is 0 Å². The number of aromatic nitrogens is 5. The first kappa shape index (κ1) is 70.4. The second-order valence-corrected chi connectivity index (χ2v) is 21.9. The van der Waals surface area contributed by atoms with E-state index in [1.807, 2.05) is 44.2 Å². The average molecular weight is 1320 g/mol. The number of hydroxylamine groups is 1. The van der Waals surface area contributed by atoms with Crippen molar-refractivity contribution in [3.05, 3.63) is 248 Å². The lowest BCUT2D eigenvalue weighted by Crippen LogP contribution is -2.21. The van der Waals surface area contributed by atoms with Crippen molar-refractivity contribution < 1.29 is 56.6 Å². The van der Waals surface area contributed by atoms with Crippen LogP contribution in [0.1, 0.15) is 119 Å². The molecule has 3 aliphatic carbocycles. The molecule has 3 saturated carbocycles. The fourth-order valence-corrected chi connectivity index (χ4v) is 11.0. The topological polar surface area (TPSA) is 234 Å². The number of hydrogen-bond acceptors (Lipinski definition) is 16. The van der Waals surface area contributed by atoms with Gasteiger partial charge in [0, 0.05) is 91.2 Å².